The number of aliphatic hydroxyl groups excluding tert-OH is 1. The van der Waals surface area contributed by atoms with Crippen molar-refractivity contribution in [2.75, 3.05) is 18.5 Å². The van der Waals surface area contributed by atoms with Crippen molar-refractivity contribution in [2.24, 2.45) is 0 Å². The summed E-state index contributed by atoms with van der Waals surface area (Å²) < 4.78 is 5.66. The monoisotopic (exact) mass is 252 g/mol. The molecule has 1 rings (SSSR count). The van der Waals surface area contributed by atoms with E-state index in [9.17, 15) is 4.79 Å². The Morgan fingerprint density at radius 2 is 2.28 bits per heavy atom. The summed E-state index contributed by atoms with van der Waals surface area (Å²) in [6, 6.07) is 6.87. The fourth-order valence-electron chi connectivity index (χ4n) is 1.31. The molecule has 0 aliphatic heterocycles. The highest BCUT2D eigenvalue weighted by atomic mass is 16.5. The number of carbonyl (C=O) groups excluding carboxylic acids is 1. The van der Waals surface area contributed by atoms with Crippen molar-refractivity contribution in [3.8, 4) is 5.75 Å². The van der Waals surface area contributed by atoms with Crippen LogP contribution in [0.1, 0.15) is 20.3 Å². The standard InChI is InChI=1S/C13H20N2O3/c1-3-10(2)18-12-6-4-5-11(9-12)15-13(17)14-7-8-16/h4-6,9-10,16H,3,7-8H2,1-2H3,(H2,14,15,17)/t10-/m0/s1. The van der Waals surface area contributed by atoms with Gasteiger partial charge in [-0.2, -0.15) is 0 Å². The first-order valence-corrected chi connectivity index (χ1v) is 6.08. The van der Waals surface area contributed by atoms with Gasteiger partial charge < -0.3 is 20.5 Å². The van der Waals surface area contributed by atoms with Gasteiger partial charge in [-0.3, -0.25) is 0 Å². The Kier molecular flexibility index (Phi) is 6.00. The summed E-state index contributed by atoms with van der Waals surface area (Å²) in [7, 11) is 0. The summed E-state index contributed by atoms with van der Waals surface area (Å²) in [6.45, 7) is 4.20. The molecule has 0 saturated heterocycles. The van der Waals surface area contributed by atoms with Gasteiger partial charge in [0.25, 0.3) is 0 Å². The maximum absolute atomic E-state index is 11.4. The molecule has 0 bridgehead atoms. The van der Waals surface area contributed by atoms with Gasteiger partial charge in [-0.1, -0.05) is 13.0 Å². The quantitative estimate of drug-likeness (QED) is 0.725. The van der Waals surface area contributed by atoms with E-state index in [-0.39, 0.29) is 25.3 Å². The molecule has 0 aliphatic carbocycles. The van der Waals surface area contributed by atoms with Crippen LogP contribution in [-0.4, -0.2) is 30.4 Å². The molecule has 2 amide bonds. The molecule has 18 heavy (non-hydrogen) atoms. The van der Waals surface area contributed by atoms with Crippen molar-refractivity contribution in [1.29, 1.82) is 0 Å². The molecule has 0 saturated carbocycles. The molecule has 3 N–H and O–H groups in total. The number of rotatable bonds is 6. The number of nitrogens with one attached hydrogen (secondary N) is 2. The second-order valence-corrected chi connectivity index (χ2v) is 3.97. The molecule has 1 atom stereocenters. The van der Waals surface area contributed by atoms with Gasteiger partial charge in [0.05, 0.1) is 12.7 Å². The van der Waals surface area contributed by atoms with Crippen LogP contribution >= 0.6 is 0 Å². The predicted octanol–water partition coefficient (Wildman–Crippen LogP) is 1.98. The maximum Gasteiger partial charge on any atom is 0.319 e. The Labute approximate surface area is 107 Å². The molecular formula is C13H20N2O3. The van der Waals surface area contributed by atoms with E-state index < -0.39 is 0 Å². The van der Waals surface area contributed by atoms with Gasteiger partial charge in [-0.25, -0.2) is 4.79 Å². The first-order valence-electron chi connectivity index (χ1n) is 6.08. The van der Waals surface area contributed by atoms with Crippen LogP contribution in [0.25, 0.3) is 0 Å². The van der Waals surface area contributed by atoms with Crippen molar-refractivity contribution < 1.29 is 14.6 Å². The minimum atomic E-state index is -0.343. The van der Waals surface area contributed by atoms with E-state index in [0.29, 0.717) is 5.69 Å². The van der Waals surface area contributed by atoms with E-state index in [4.69, 9.17) is 9.84 Å². The maximum atomic E-state index is 11.4. The molecule has 0 aliphatic rings. The van der Waals surface area contributed by atoms with Crippen molar-refractivity contribution in [3.63, 3.8) is 0 Å². The second-order valence-electron chi connectivity index (χ2n) is 3.97. The summed E-state index contributed by atoms with van der Waals surface area (Å²) in [6.07, 6.45) is 1.07. The van der Waals surface area contributed by atoms with Crippen LogP contribution in [0, 0.1) is 0 Å². The highest BCUT2D eigenvalue weighted by Gasteiger charge is 2.04. The molecule has 0 radical (unpaired) electrons. The van der Waals surface area contributed by atoms with Crippen LogP contribution in [0.15, 0.2) is 24.3 Å². The van der Waals surface area contributed by atoms with Gasteiger partial charge in [0.2, 0.25) is 0 Å². The molecule has 0 heterocycles. The molecular weight excluding hydrogens is 232 g/mol. The zero-order chi connectivity index (χ0) is 13.4. The third kappa shape index (κ3) is 5.05. The molecule has 1 aromatic rings. The van der Waals surface area contributed by atoms with Gasteiger partial charge >= 0.3 is 6.03 Å². The second kappa shape index (κ2) is 7.55. The number of hydrogen-bond donors (Lipinski definition) is 3. The van der Waals surface area contributed by atoms with Gasteiger partial charge in [-0.05, 0) is 25.5 Å². The third-order valence-electron chi connectivity index (χ3n) is 2.40. The van der Waals surface area contributed by atoms with Crippen LogP contribution in [0.4, 0.5) is 10.5 Å². The summed E-state index contributed by atoms with van der Waals surface area (Å²) in [5, 5.41) is 13.8. The minimum Gasteiger partial charge on any atom is -0.491 e. The number of carbonyl (C=O) groups is 1. The molecule has 0 unspecified atom stereocenters. The van der Waals surface area contributed by atoms with Crippen LogP contribution < -0.4 is 15.4 Å². The van der Waals surface area contributed by atoms with E-state index in [1.807, 2.05) is 19.1 Å². The first-order chi connectivity index (χ1) is 8.65. The fraction of sp³-hybridized carbons (Fsp3) is 0.462. The van der Waals surface area contributed by atoms with Gasteiger partial charge in [0.15, 0.2) is 0 Å². The lowest BCUT2D eigenvalue weighted by atomic mass is 10.3. The van der Waals surface area contributed by atoms with Crippen LogP contribution in [0.5, 0.6) is 5.75 Å². The van der Waals surface area contributed by atoms with Gasteiger partial charge in [0.1, 0.15) is 5.75 Å². The van der Waals surface area contributed by atoms with E-state index in [0.717, 1.165) is 12.2 Å². The number of hydrogen-bond acceptors (Lipinski definition) is 3. The van der Waals surface area contributed by atoms with Crippen molar-refractivity contribution in [2.45, 2.75) is 26.4 Å². The summed E-state index contributed by atoms with van der Waals surface area (Å²) in [5.74, 6) is 0.726. The number of benzene rings is 1. The molecule has 1 aromatic carbocycles. The molecule has 5 nitrogen and oxygen atoms in total. The topological polar surface area (TPSA) is 70.6 Å². The average Bonchev–Trinajstić information content (AvgIpc) is 2.36. The third-order valence-corrected chi connectivity index (χ3v) is 2.40. The molecule has 5 heteroatoms. The Bertz CT molecular complexity index is 382. The Hall–Kier alpha value is -1.75. The largest absolute Gasteiger partial charge is 0.491 e. The Morgan fingerprint density at radius 1 is 1.50 bits per heavy atom. The Balaban J connectivity index is 2.56. The number of urea groups is 1. The SMILES string of the molecule is CC[C@H](C)Oc1cccc(NC(=O)NCCO)c1. The van der Waals surface area contributed by atoms with Crippen LogP contribution in [0.3, 0.4) is 0 Å². The lowest BCUT2D eigenvalue weighted by Gasteiger charge is -2.13. The lowest BCUT2D eigenvalue weighted by molar-refractivity contribution is 0.217. The normalized spacial score (nSPS) is 11.7. The van der Waals surface area contributed by atoms with E-state index in [1.165, 1.54) is 0 Å². The number of ether oxygens (including phenoxy) is 1. The zero-order valence-corrected chi connectivity index (χ0v) is 10.8. The molecule has 0 fully saturated rings. The van der Waals surface area contributed by atoms with E-state index in [2.05, 4.69) is 17.6 Å². The number of aliphatic hydroxyl groups is 1. The van der Waals surface area contributed by atoms with Gasteiger partial charge in [0, 0.05) is 18.3 Å². The smallest absolute Gasteiger partial charge is 0.319 e. The molecule has 0 spiro atoms. The zero-order valence-electron chi connectivity index (χ0n) is 10.8. The summed E-state index contributed by atoms with van der Waals surface area (Å²) >= 11 is 0. The first kappa shape index (κ1) is 14.3. The van der Waals surface area contributed by atoms with Crippen molar-refractivity contribution in [1.82, 2.24) is 5.32 Å². The highest BCUT2D eigenvalue weighted by molar-refractivity contribution is 5.89. The average molecular weight is 252 g/mol. The van der Waals surface area contributed by atoms with Crippen molar-refractivity contribution >= 4 is 11.7 Å². The van der Waals surface area contributed by atoms with Gasteiger partial charge in [-0.15, -0.1) is 0 Å². The lowest BCUT2D eigenvalue weighted by Crippen LogP contribution is -2.30. The van der Waals surface area contributed by atoms with Crippen molar-refractivity contribution in [3.05, 3.63) is 24.3 Å². The van der Waals surface area contributed by atoms with E-state index >= 15 is 0 Å². The van der Waals surface area contributed by atoms with Crippen LogP contribution in [-0.2, 0) is 0 Å². The van der Waals surface area contributed by atoms with Crippen LogP contribution in [0.2, 0.25) is 0 Å². The fourth-order valence-corrected chi connectivity index (χ4v) is 1.31. The predicted molar refractivity (Wildman–Crippen MR) is 70.9 cm³/mol. The number of anilines is 1. The summed E-state index contributed by atoms with van der Waals surface area (Å²) in [5.41, 5.74) is 0.659. The van der Waals surface area contributed by atoms with E-state index in [1.54, 1.807) is 12.1 Å². The molecule has 100 valence electrons. The Morgan fingerprint density at radius 3 is 2.94 bits per heavy atom. The minimum absolute atomic E-state index is 0.0788. The number of amides is 2. The molecule has 0 aromatic heterocycles. The highest BCUT2D eigenvalue weighted by Crippen LogP contribution is 2.19. The summed E-state index contributed by atoms with van der Waals surface area (Å²) in [4.78, 5) is 11.4.